The quantitative estimate of drug-likeness (QED) is 0.742. The van der Waals surface area contributed by atoms with Crippen LogP contribution in [0.25, 0.3) is 11.1 Å². The van der Waals surface area contributed by atoms with Gasteiger partial charge in [0.1, 0.15) is 0 Å². The molecule has 0 saturated carbocycles. The molecule has 1 aliphatic carbocycles. The van der Waals surface area contributed by atoms with E-state index >= 15 is 0 Å². The Hall–Kier alpha value is -2.09. The van der Waals surface area contributed by atoms with Gasteiger partial charge in [0, 0.05) is 0 Å². The Bertz CT molecular complexity index is 629. The summed E-state index contributed by atoms with van der Waals surface area (Å²) in [6.07, 6.45) is 0.908. The Labute approximate surface area is 106 Å². The van der Waals surface area contributed by atoms with Crippen LogP contribution in [0.1, 0.15) is 29.5 Å². The average Bonchev–Trinajstić information content (AvgIpc) is 2.75. The third kappa shape index (κ3) is 1.61. The summed E-state index contributed by atoms with van der Waals surface area (Å²) < 4.78 is 0. The molecule has 0 unspecified atom stereocenters. The van der Waals surface area contributed by atoms with Crippen LogP contribution in [0.5, 0.6) is 0 Å². The van der Waals surface area contributed by atoms with Crippen molar-refractivity contribution in [1.82, 2.24) is 0 Å². The molecule has 1 N–H and O–H groups in total. The van der Waals surface area contributed by atoms with Crippen LogP contribution in [-0.2, 0) is 11.2 Å². The van der Waals surface area contributed by atoms with Crippen molar-refractivity contribution >= 4 is 5.97 Å². The van der Waals surface area contributed by atoms with Crippen molar-refractivity contribution in [3.05, 3.63) is 59.2 Å². The van der Waals surface area contributed by atoms with E-state index in [1.807, 2.05) is 24.3 Å². The maximum Gasteiger partial charge on any atom is 0.310 e. The molecular weight excluding hydrogens is 224 g/mol. The van der Waals surface area contributed by atoms with Gasteiger partial charge in [0.25, 0.3) is 0 Å². The third-order valence-electron chi connectivity index (χ3n) is 3.69. The molecule has 2 aromatic carbocycles. The molecular formula is C16H14O2. The van der Waals surface area contributed by atoms with Gasteiger partial charge in [-0.15, -0.1) is 0 Å². The largest absolute Gasteiger partial charge is 0.481 e. The zero-order valence-corrected chi connectivity index (χ0v) is 10.2. The first-order valence-electron chi connectivity index (χ1n) is 6.10. The Morgan fingerprint density at radius 1 is 1.11 bits per heavy atom. The maximum atomic E-state index is 11.0. The second kappa shape index (κ2) is 3.98. The second-order valence-corrected chi connectivity index (χ2v) is 4.81. The molecule has 0 fully saturated rings. The summed E-state index contributed by atoms with van der Waals surface area (Å²) in [6.45, 7) is 1.73. The molecule has 0 aliphatic heterocycles. The first kappa shape index (κ1) is 11.0. The molecule has 18 heavy (non-hydrogen) atoms. The summed E-state index contributed by atoms with van der Waals surface area (Å²) in [6, 6.07) is 14.4. The number of carboxylic acids is 1. The monoisotopic (exact) mass is 238 g/mol. The van der Waals surface area contributed by atoms with Gasteiger partial charge in [-0.3, -0.25) is 4.79 Å². The van der Waals surface area contributed by atoms with Gasteiger partial charge in [0.2, 0.25) is 0 Å². The zero-order chi connectivity index (χ0) is 12.7. The van der Waals surface area contributed by atoms with E-state index in [2.05, 4.69) is 18.2 Å². The summed E-state index contributed by atoms with van der Waals surface area (Å²) in [7, 11) is 0. The smallest absolute Gasteiger partial charge is 0.310 e. The van der Waals surface area contributed by atoms with Gasteiger partial charge in [0.15, 0.2) is 0 Å². The molecule has 0 amide bonds. The molecule has 90 valence electrons. The van der Waals surface area contributed by atoms with Crippen molar-refractivity contribution in [3.8, 4) is 11.1 Å². The Morgan fingerprint density at radius 2 is 1.83 bits per heavy atom. The number of rotatable bonds is 2. The highest BCUT2D eigenvalue weighted by molar-refractivity contribution is 5.79. The van der Waals surface area contributed by atoms with Crippen LogP contribution in [0.15, 0.2) is 42.5 Å². The van der Waals surface area contributed by atoms with Gasteiger partial charge in [-0.2, -0.15) is 0 Å². The van der Waals surface area contributed by atoms with E-state index in [-0.39, 0.29) is 0 Å². The predicted molar refractivity (Wildman–Crippen MR) is 70.7 cm³/mol. The van der Waals surface area contributed by atoms with Crippen molar-refractivity contribution in [1.29, 1.82) is 0 Å². The molecule has 0 spiro atoms. The fourth-order valence-electron chi connectivity index (χ4n) is 2.58. The van der Waals surface area contributed by atoms with Crippen molar-refractivity contribution < 1.29 is 9.90 Å². The van der Waals surface area contributed by atoms with Gasteiger partial charge in [0.05, 0.1) is 5.92 Å². The number of fused-ring (bicyclic) bond motifs is 3. The standard InChI is InChI=1S/C16H14O2/c1-10(16(17)18)11-6-7-15-13(8-11)9-12-4-2-3-5-14(12)15/h2-8,10H,9H2,1H3,(H,17,18)/t10-/m1/s1. The van der Waals surface area contributed by atoms with E-state index < -0.39 is 11.9 Å². The van der Waals surface area contributed by atoms with Gasteiger partial charge < -0.3 is 5.11 Å². The summed E-state index contributed by atoms with van der Waals surface area (Å²) in [4.78, 5) is 11.0. The Morgan fingerprint density at radius 3 is 2.61 bits per heavy atom. The van der Waals surface area contributed by atoms with E-state index in [0.29, 0.717) is 0 Å². The molecule has 1 atom stereocenters. The first-order chi connectivity index (χ1) is 8.66. The number of hydrogen-bond donors (Lipinski definition) is 1. The van der Waals surface area contributed by atoms with E-state index in [0.717, 1.165) is 12.0 Å². The molecule has 3 rings (SSSR count). The summed E-state index contributed by atoms with van der Waals surface area (Å²) >= 11 is 0. The first-order valence-corrected chi connectivity index (χ1v) is 6.10. The highest BCUT2D eigenvalue weighted by Crippen LogP contribution is 2.37. The zero-order valence-electron chi connectivity index (χ0n) is 10.2. The number of hydrogen-bond acceptors (Lipinski definition) is 1. The predicted octanol–water partition coefficient (Wildman–Crippen LogP) is 3.45. The van der Waals surface area contributed by atoms with E-state index in [1.165, 1.54) is 22.3 Å². The molecule has 0 aromatic heterocycles. The summed E-state index contributed by atoms with van der Waals surface area (Å²) in [5.74, 6) is -1.22. The van der Waals surface area contributed by atoms with Crippen LogP contribution < -0.4 is 0 Å². The van der Waals surface area contributed by atoms with Crippen LogP contribution in [0.3, 0.4) is 0 Å². The van der Waals surface area contributed by atoms with E-state index in [9.17, 15) is 4.79 Å². The Kier molecular flexibility index (Phi) is 2.44. The molecule has 2 heteroatoms. The van der Waals surface area contributed by atoms with Crippen molar-refractivity contribution in [2.24, 2.45) is 0 Å². The van der Waals surface area contributed by atoms with Crippen LogP contribution in [0.4, 0.5) is 0 Å². The minimum absolute atomic E-state index is 0.445. The topological polar surface area (TPSA) is 37.3 Å². The lowest BCUT2D eigenvalue weighted by molar-refractivity contribution is -0.138. The highest BCUT2D eigenvalue weighted by atomic mass is 16.4. The van der Waals surface area contributed by atoms with Crippen LogP contribution in [0.2, 0.25) is 0 Å². The van der Waals surface area contributed by atoms with Crippen molar-refractivity contribution in [2.45, 2.75) is 19.3 Å². The van der Waals surface area contributed by atoms with E-state index in [4.69, 9.17) is 5.11 Å². The lowest BCUT2D eigenvalue weighted by Crippen LogP contribution is -2.07. The summed E-state index contributed by atoms with van der Waals surface area (Å²) in [5.41, 5.74) is 5.97. The fourth-order valence-corrected chi connectivity index (χ4v) is 2.58. The maximum absolute atomic E-state index is 11.0. The van der Waals surface area contributed by atoms with Crippen molar-refractivity contribution in [2.75, 3.05) is 0 Å². The summed E-state index contributed by atoms with van der Waals surface area (Å²) in [5, 5.41) is 9.06. The molecule has 2 nitrogen and oxygen atoms in total. The fraction of sp³-hybridized carbons (Fsp3) is 0.188. The number of benzene rings is 2. The number of aliphatic carboxylic acids is 1. The van der Waals surface area contributed by atoms with Crippen LogP contribution in [0, 0.1) is 0 Å². The Balaban J connectivity index is 2.06. The molecule has 0 heterocycles. The third-order valence-corrected chi connectivity index (χ3v) is 3.69. The molecule has 0 saturated heterocycles. The second-order valence-electron chi connectivity index (χ2n) is 4.81. The molecule has 2 aromatic rings. The number of carbonyl (C=O) groups is 1. The lowest BCUT2D eigenvalue weighted by Gasteiger charge is -2.09. The number of carboxylic acid groups (broad SMARTS) is 1. The van der Waals surface area contributed by atoms with Crippen LogP contribution >= 0.6 is 0 Å². The van der Waals surface area contributed by atoms with Crippen molar-refractivity contribution in [3.63, 3.8) is 0 Å². The van der Waals surface area contributed by atoms with Gasteiger partial charge in [-0.05, 0) is 41.2 Å². The minimum atomic E-state index is -0.773. The van der Waals surface area contributed by atoms with Gasteiger partial charge in [-0.1, -0.05) is 42.5 Å². The van der Waals surface area contributed by atoms with Crippen LogP contribution in [-0.4, -0.2) is 11.1 Å². The van der Waals surface area contributed by atoms with E-state index in [1.54, 1.807) is 6.92 Å². The molecule has 0 radical (unpaired) electrons. The normalized spacial score (nSPS) is 13.8. The van der Waals surface area contributed by atoms with Gasteiger partial charge >= 0.3 is 5.97 Å². The SMILES string of the molecule is C[C@@H](C(=O)O)c1ccc2c(c1)Cc1ccccc1-2. The lowest BCUT2D eigenvalue weighted by atomic mass is 9.96. The molecule has 0 bridgehead atoms. The van der Waals surface area contributed by atoms with Gasteiger partial charge in [-0.25, -0.2) is 0 Å². The average molecular weight is 238 g/mol. The highest BCUT2D eigenvalue weighted by Gasteiger charge is 2.20. The molecule has 1 aliphatic rings. The minimum Gasteiger partial charge on any atom is -0.481 e.